The molecule has 1 amide bonds. The number of nitrogens with zero attached hydrogens (tertiary/aromatic N) is 4. The van der Waals surface area contributed by atoms with Crippen molar-refractivity contribution in [3.05, 3.63) is 51.3 Å². The van der Waals surface area contributed by atoms with Crippen LogP contribution in [0.1, 0.15) is 21.7 Å². The minimum Gasteiger partial charge on any atom is -0.378 e. The van der Waals surface area contributed by atoms with Crippen LogP contribution in [-0.2, 0) is 4.74 Å². The average Bonchev–Trinajstić information content (AvgIpc) is 2.65. The highest BCUT2D eigenvalue weighted by Gasteiger charge is 2.22. The summed E-state index contributed by atoms with van der Waals surface area (Å²) in [6.07, 6.45) is 0. The van der Waals surface area contributed by atoms with Crippen LogP contribution < -0.4 is 10.2 Å². The van der Waals surface area contributed by atoms with Crippen LogP contribution in [0.5, 0.6) is 0 Å². The second-order valence-electron chi connectivity index (χ2n) is 5.90. The van der Waals surface area contributed by atoms with Gasteiger partial charge in [0.05, 0.1) is 35.2 Å². The minimum atomic E-state index is -0.577. The number of benzene rings is 1. The van der Waals surface area contributed by atoms with Crippen molar-refractivity contribution in [3.63, 3.8) is 0 Å². The predicted molar refractivity (Wildman–Crippen MR) is 95.6 cm³/mol. The lowest BCUT2D eigenvalue weighted by atomic mass is 10.1. The number of aryl methyl sites for hydroxylation is 2. The van der Waals surface area contributed by atoms with Gasteiger partial charge in [-0.25, -0.2) is 9.97 Å². The molecule has 0 spiro atoms. The number of carbonyl (C=O) groups is 1. The number of nitrogens with one attached hydrogen (secondary N) is 1. The van der Waals surface area contributed by atoms with E-state index in [0.29, 0.717) is 49.3 Å². The van der Waals surface area contributed by atoms with Gasteiger partial charge in [-0.05, 0) is 19.9 Å². The van der Waals surface area contributed by atoms with Crippen LogP contribution in [0.15, 0.2) is 24.3 Å². The standard InChI is InChI=1S/C17H19N5O4/c1-11-15(12(2)19-17(18-11)21-7-9-26-10-8-21)20-16(23)13-5-3-4-6-14(13)22(24)25/h3-6H,7-10H2,1-2H3,(H,20,23). The molecule has 9 nitrogen and oxygen atoms in total. The molecule has 0 saturated carbocycles. The van der Waals surface area contributed by atoms with E-state index in [4.69, 9.17) is 4.74 Å². The molecule has 2 aromatic rings. The summed E-state index contributed by atoms with van der Waals surface area (Å²) in [5, 5.41) is 13.8. The summed E-state index contributed by atoms with van der Waals surface area (Å²) >= 11 is 0. The first-order chi connectivity index (χ1) is 12.5. The number of ether oxygens (including phenoxy) is 1. The summed E-state index contributed by atoms with van der Waals surface area (Å²) in [7, 11) is 0. The number of nitro benzene ring substituents is 1. The first-order valence-corrected chi connectivity index (χ1v) is 8.20. The maximum atomic E-state index is 12.5. The number of hydrogen-bond donors (Lipinski definition) is 1. The Labute approximate surface area is 150 Å². The summed E-state index contributed by atoms with van der Waals surface area (Å²) in [5.74, 6) is 0.0261. The lowest BCUT2D eigenvalue weighted by molar-refractivity contribution is -0.385. The molecule has 0 radical (unpaired) electrons. The van der Waals surface area contributed by atoms with Gasteiger partial charge in [0.2, 0.25) is 5.95 Å². The van der Waals surface area contributed by atoms with Crippen LogP contribution >= 0.6 is 0 Å². The maximum absolute atomic E-state index is 12.5. The van der Waals surface area contributed by atoms with Crippen molar-refractivity contribution in [1.29, 1.82) is 0 Å². The quantitative estimate of drug-likeness (QED) is 0.659. The Hall–Kier alpha value is -3.07. The van der Waals surface area contributed by atoms with E-state index in [9.17, 15) is 14.9 Å². The summed E-state index contributed by atoms with van der Waals surface area (Å²) in [6, 6.07) is 5.82. The molecule has 0 atom stereocenters. The Morgan fingerprint density at radius 3 is 2.42 bits per heavy atom. The Kier molecular flexibility index (Phi) is 5.08. The van der Waals surface area contributed by atoms with E-state index in [2.05, 4.69) is 15.3 Å². The van der Waals surface area contributed by atoms with E-state index in [1.54, 1.807) is 19.9 Å². The van der Waals surface area contributed by atoms with Gasteiger partial charge in [-0.1, -0.05) is 12.1 Å². The fraction of sp³-hybridized carbons (Fsp3) is 0.353. The molecule has 1 N–H and O–H groups in total. The van der Waals surface area contributed by atoms with E-state index >= 15 is 0 Å². The molecule has 3 rings (SSSR count). The summed E-state index contributed by atoms with van der Waals surface area (Å²) in [5.41, 5.74) is 1.42. The van der Waals surface area contributed by atoms with E-state index in [0.717, 1.165) is 0 Å². The number of anilines is 2. The largest absolute Gasteiger partial charge is 0.378 e. The molecular weight excluding hydrogens is 338 g/mol. The minimum absolute atomic E-state index is 0.00597. The van der Waals surface area contributed by atoms with Crippen molar-refractivity contribution >= 4 is 23.2 Å². The number of carbonyl (C=O) groups excluding carboxylic acids is 1. The molecule has 1 aliphatic rings. The highest BCUT2D eigenvalue weighted by atomic mass is 16.6. The number of rotatable bonds is 4. The zero-order chi connectivity index (χ0) is 18.7. The predicted octanol–water partition coefficient (Wildman–Crippen LogP) is 2.09. The maximum Gasteiger partial charge on any atom is 0.282 e. The molecule has 0 bridgehead atoms. The van der Waals surface area contributed by atoms with Crippen molar-refractivity contribution in [3.8, 4) is 0 Å². The van der Waals surface area contributed by atoms with E-state index < -0.39 is 10.8 Å². The number of amides is 1. The molecular formula is C17H19N5O4. The molecule has 136 valence electrons. The summed E-state index contributed by atoms with van der Waals surface area (Å²) < 4.78 is 5.33. The Bertz CT molecular complexity index is 826. The van der Waals surface area contributed by atoms with Gasteiger partial charge in [0.1, 0.15) is 5.56 Å². The lowest BCUT2D eigenvalue weighted by Gasteiger charge is -2.27. The molecule has 2 heterocycles. The lowest BCUT2D eigenvalue weighted by Crippen LogP contribution is -2.37. The van der Waals surface area contributed by atoms with Crippen LogP contribution in [0.4, 0.5) is 17.3 Å². The smallest absolute Gasteiger partial charge is 0.282 e. The topological polar surface area (TPSA) is 110 Å². The number of nitro groups is 1. The van der Waals surface area contributed by atoms with Gasteiger partial charge in [-0.15, -0.1) is 0 Å². The SMILES string of the molecule is Cc1nc(N2CCOCC2)nc(C)c1NC(=O)c1ccccc1[N+](=O)[O-]. The third-order valence-electron chi connectivity index (χ3n) is 4.14. The normalized spacial score (nSPS) is 14.2. The molecule has 1 fully saturated rings. The third-order valence-corrected chi connectivity index (χ3v) is 4.14. The van der Waals surface area contributed by atoms with Crippen molar-refractivity contribution in [2.75, 3.05) is 36.5 Å². The molecule has 1 aromatic heterocycles. The van der Waals surface area contributed by atoms with Crippen LogP contribution in [0.2, 0.25) is 0 Å². The van der Waals surface area contributed by atoms with Crippen LogP contribution in [0, 0.1) is 24.0 Å². The number of hydrogen-bond acceptors (Lipinski definition) is 7. The fourth-order valence-corrected chi connectivity index (χ4v) is 2.79. The number of para-hydroxylation sites is 1. The van der Waals surface area contributed by atoms with Crippen LogP contribution in [0.25, 0.3) is 0 Å². The first kappa shape index (κ1) is 17.7. The van der Waals surface area contributed by atoms with Crippen molar-refractivity contribution in [1.82, 2.24) is 9.97 Å². The summed E-state index contributed by atoms with van der Waals surface area (Å²) in [6.45, 7) is 6.21. The van der Waals surface area contributed by atoms with Crippen molar-refractivity contribution in [2.45, 2.75) is 13.8 Å². The van der Waals surface area contributed by atoms with Gasteiger partial charge < -0.3 is 15.0 Å². The Morgan fingerprint density at radius 2 is 1.81 bits per heavy atom. The molecule has 0 aliphatic carbocycles. The van der Waals surface area contributed by atoms with Gasteiger partial charge >= 0.3 is 0 Å². The number of aromatic nitrogens is 2. The number of morpholine rings is 1. The molecule has 1 saturated heterocycles. The van der Waals surface area contributed by atoms with Gasteiger partial charge in [-0.3, -0.25) is 14.9 Å². The van der Waals surface area contributed by atoms with E-state index in [1.807, 2.05) is 4.90 Å². The molecule has 26 heavy (non-hydrogen) atoms. The first-order valence-electron chi connectivity index (χ1n) is 8.20. The van der Waals surface area contributed by atoms with Crippen LogP contribution in [-0.4, -0.2) is 47.1 Å². The van der Waals surface area contributed by atoms with Crippen molar-refractivity contribution < 1.29 is 14.5 Å². The van der Waals surface area contributed by atoms with Crippen LogP contribution in [0.3, 0.4) is 0 Å². The second-order valence-corrected chi connectivity index (χ2v) is 5.90. The monoisotopic (exact) mass is 357 g/mol. The third kappa shape index (κ3) is 3.62. The molecule has 9 heteroatoms. The van der Waals surface area contributed by atoms with Crippen molar-refractivity contribution in [2.24, 2.45) is 0 Å². The molecule has 0 unspecified atom stereocenters. The van der Waals surface area contributed by atoms with Gasteiger partial charge in [0, 0.05) is 19.2 Å². The fourth-order valence-electron chi connectivity index (χ4n) is 2.79. The zero-order valence-electron chi connectivity index (χ0n) is 14.6. The highest BCUT2D eigenvalue weighted by Crippen LogP contribution is 2.24. The summed E-state index contributed by atoms with van der Waals surface area (Å²) in [4.78, 5) is 34.0. The van der Waals surface area contributed by atoms with Gasteiger partial charge in [0.15, 0.2) is 0 Å². The van der Waals surface area contributed by atoms with E-state index in [-0.39, 0.29) is 11.3 Å². The highest BCUT2D eigenvalue weighted by molar-refractivity contribution is 6.07. The average molecular weight is 357 g/mol. The molecule has 1 aliphatic heterocycles. The zero-order valence-corrected chi connectivity index (χ0v) is 14.6. The van der Waals surface area contributed by atoms with Gasteiger partial charge in [-0.2, -0.15) is 0 Å². The Balaban J connectivity index is 1.86. The van der Waals surface area contributed by atoms with E-state index in [1.165, 1.54) is 18.2 Å². The second kappa shape index (κ2) is 7.44. The van der Waals surface area contributed by atoms with Gasteiger partial charge in [0.25, 0.3) is 11.6 Å². The Morgan fingerprint density at radius 1 is 1.19 bits per heavy atom. The molecule has 1 aromatic carbocycles.